The molecule has 0 spiro atoms. The number of sulfonamides is 1. The molecule has 1 atom stereocenters. The molecule has 7 heteroatoms. The molecule has 2 aromatic rings. The molecule has 0 fully saturated rings. The molecule has 0 saturated heterocycles. The van der Waals surface area contributed by atoms with E-state index in [9.17, 15) is 8.42 Å². The summed E-state index contributed by atoms with van der Waals surface area (Å²) in [5.74, 6) is 0. The quantitative estimate of drug-likeness (QED) is 0.885. The Morgan fingerprint density at radius 1 is 1.50 bits per heavy atom. The highest BCUT2D eigenvalue weighted by molar-refractivity contribution is 7.91. The zero-order valence-electron chi connectivity index (χ0n) is 11.2. The van der Waals surface area contributed by atoms with Crippen molar-refractivity contribution >= 4 is 21.4 Å². The summed E-state index contributed by atoms with van der Waals surface area (Å²) in [4.78, 5) is 4.64. The van der Waals surface area contributed by atoms with Gasteiger partial charge < -0.3 is 5.11 Å². The predicted molar refractivity (Wildman–Crippen MR) is 78.0 cm³/mol. The second-order valence-corrected chi connectivity index (χ2v) is 7.54. The molecule has 5 nitrogen and oxygen atoms in total. The predicted octanol–water partition coefficient (Wildman–Crippen LogP) is 1.98. The SMILES string of the molecule is Cc1cc(S(=O)(=O)NC(C)c2cccnc2)sc1CO. The third-order valence-electron chi connectivity index (χ3n) is 2.92. The van der Waals surface area contributed by atoms with E-state index in [2.05, 4.69) is 9.71 Å². The molecule has 0 radical (unpaired) electrons. The number of nitrogens with one attached hydrogen (secondary N) is 1. The Hall–Kier alpha value is -1.28. The van der Waals surface area contributed by atoms with Crippen LogP contribution in [0.3, 0.4) is 0 Å². The van der Waals surface area contributed by atoms with Crippen LogP contribution in [0.2, 0.25) is 0 Å². The van der Waals surface area contributed by atoms with Crippen molar-refractivity contribution in [2.75, 3.05) is 0 Å². The highest BCUT2D eigenvalue weighted by atomic mass is 32.2. The van der Waals surface area contributed by atoms with Gasteiger partial charge in [-0.1, -0.05) is 6.07 Å². The molecule has 1 unspecified atom stereocenters. The summed E-state index contributed by atoms with van der Waals surface area (Å²) in [5.41, 5.74) is 1.58. The van der Waals surface area contributed by atoms with Crippen LogP contribution in [0.5, 0.6) is 0 Å². The molecule has 2 rings (SSSR count). The van der Waals surface area contributed by atoms with Gasteiger partial charge in [-0.2, -0.15) is 0 Å². The summed E-state index contributed by atoms with van der Waals surface area (Å²) in [5, 5.41) is 9.14. The van der Waals surface area contributed by atoms with Crippen LogP contribution in [0.4, 0.5) is 0 Å². The smallest absolute Gasteiger partial charge is 0.250 e. The highest BCUT2D eigenvalue weighted by Crippen LogP contribution is 2.27. The zero-order valence-corrected chi connectivity index (χ0v) is 12.8. The van der Waals surface area contributed by atoms with E-state index in [-0.39, 0.29) is 16.9 Å². The fourth-order valence-electron chi connectivity index (χ4n) is 1.77. The molecular weight excluding hydrogens is 296 g/mol. The normalized spacial score (nSPS) is 13.3. The Kier molecular flexibility index (Phi) is 4.54. The van der Waals surface area contributed by atoms with Gasteiger partial charge in [0.15, 0.2) is 0 Å². The average molecular weight is 312 g/mol. The molecule has 0 amide bonds. The largest absolute Gasteiger partial charge is 0.391 e. The van der Waals surface area contributed by atoms with Crippen molar-refractivity contribution in [3.05, 3.63) is 46.6 Å². The monoisotopic (exact) mass is 312 g/mol. The molecular formula is C13H16N2O3S2. The Bertz CT molecular complexity index is 681. The van der Waals surface area contributed by atoms with E-state index in [1.807, 2.05) is 6.07 Å². The fraction of sp³-hybridized carbons (Fsp3) is 0.308. The molecule has 0 aromatic carbocycles. The van der Waals surface area contributed by atoms with Gasteiger partial charge in [-0.15, -0.1) is 11.3 Å². The minimum atomic E-state index is -3.59. The number of hydrogen-bond acceptors (Lipinski definition) is 5. The van der Waals surface area contributed by atoms with E-state index in [1.165, 1.54) is 0 Å². The van der Waals surface area contributed by atoms with Crippen molar-refractivity contribution in [1.29, 1.82) is 0 Å². The summed E-state index contributed by atoms with van der Waals surface area (Å²) < 4.78 is 27.4. The van der Waals surface area contributed by atoms with E-state index < -0.39 is 10.0 Å². The van der Waals surface area contributed by atoms with Crippen molar-refractivity contribution in [3.63, 3.8) is 0 Å². The van der Waals surface area contributed by atoms with Gasteiger partial charge in [0.2, 0.25) is 0 Å². The van der Waals surface area contributed by atoms with Crippen LogP contribution in [0.25, 0.3) is 0 Å². The van der Waals surface area contributed by atoms with Gasteiger partial charge >= 0.3 is 0 Å². The second kappa shape index (κ2) is 6.01. The van der Waals surface area contributed by atoms with E-state index in [0.29, 0.717) is 4.88 Å². The van der Waals surface area contributed by atoms with Crippen molar-refractivity contribution in [1.82, 2.24) is 9.71 Å². The minimum absolute atomic E-state index is 0.149. The number of aliphatic hydroxyl groups excluding tert-OH is 1. The lowest BCUT2D eigenvalue weighted by atomic mass is 10.2. The second-order valence-electron chi connectivity index (χ2n) is 4.46. The lowest BCUT2D eigenvalue weighted by Gasteiger charge is -2.13. The first-order valence-electron chi connectivity index (χ1n) is 6.06. The standard InChI is InChI=1S/C13H16N2O3S2/c1-9-6-13(19-12(9)8-16)20(17,18)15-10(2)11-4-3-5-14-7-11/h3-7,10,15-16H,8H2,1-2H3. The van der Waals surface area contributed by atoms with E-state index in [1.54, 1.807) is 38.4 Å². The highest BCUT2D eigenvalue weighted by Gasteiger charge is 2.21. The molecule has 0 aliphatic heterocycles. The molecule has 108 valence electrons. The molecule has 0 aliphatic rings. The number of pyridine rings is 1. The lowest BCUT2D eigenvalue weighted by Crippen LogP contribution is -2.26. The Morgan fingerprint density at radius 3 is 2.80 bits per heavy atom. The summed E-state index contributed by atoms with van der Waals surface area (Å²) in [6.07, 6.45) is 3.27. The van der Waals surface area contributed by atoms with Crippen LogP contribution >= 0.6 is 11.3 Å². The van der Waals surface area contributed by atoms with Crippen molar-refractivity contribution in [2.45, 2.75) is 30.7 Å². The van der Waals surface area contributed by atoms with Crippen molar-refractivity contribution in [2.24, 2.45) is 0 Å². The molecule has 0 saturated carbocycles. The van der Waals surface area contributed by atoms with Crippen LogP contribution in [0.15, 0.2) is 34.8 Å². The Morgan fingerprint density at radius 2 is 2.25 bits per heavy atom. The molecule has 2 N–H and O–H groups in total. The molecule has 20 heavy (non-hydrogen) atoms. The molecule has 2 heterocycles. The number of hydrogen-bond donors (Lipinski definition) is 2. The van der Waals surface area contributed by atoms with Crippen molar-refractivity contribution in [3.8, 4) is 0 Å². The van der Waals surface area contributed by atoms with Crippen LogP contribution in [0, 0.1) is 6.92 Å². The zero-order chi connectivity index (χ0) is 14.8. The maximum Gasteiger partial charge on any atom is 0.250 e. The van der Waals surface area contributed by atoms with Gasteiger partial charge in [0.25, 0.3) is 10.0 Å². The van der Waals surface area contributed by atoms with E-state index >= 15 is 0 Å². The molecule has 2 aromatic heterocycles. The van der Waals surface area contributed by atoms with Gasteiger partial charge in [-0.25, -0.2) is 13.1 Å². The average Bonchev–Trinajstić information content (AvgIpc) is 2.81. The first-order chi connectivity index (χ1) is 9.44. The summed E-state index contributed by atoms with van der Waals surface area (Å²) >= 11 is 1.09. The summed E-state index contributed by atoms with van der Waals surface area (Å²) in [6.45, 7) is 3.40. The van der Waals surface area contributed by atoms with Gasteiger partial charge in [0.05, 0.1) is 6.61 Å². The van der Waals surface area contributed by atoms with Crippen LogP contribution < -0.4 is 4.72 Å². The number of aryl methyl sites for hydroxylation is 1. The van der Waals surface area contributed by atoms with Crippen LogP contribution in [-0.2, 0) is 16.6 Å². The molecule has 0 bridgehead atoms. The van der Waals surface area contributed by atoms with Gasteiger partial charge in [-0.3, -0.25) is 4.98 Å². The van der Waals surface area contributed by atoms with E-state index in [4.69, 9.17) is 5.11 Å². The number of rotatable bonds is 5. The lowest BCUT2D eigenvalue weighted by molar-refractivity contribution is 0.285. The fourth-order valence-corrected chi connectivity index (χ4v) is 4.47. The Labute approximate surface area is 122 Å². The third kappa shape index (κ3) is 3.24. The van der Waals surface area contributed by atoms with Gasteiger partial charge in [-0.05, 0) is 37.1 Å². The van der Waals surface area contributed by atoms with E-state index in [0.717, 1.165) is 22.5 Å². The van der Waals surface area contributed by atoms with Gasteiger partial charge in [0.1, 0.15) is 4.21 Å². The first kappa shape index (κ1) is 15.1. The summed E-state index contributed by atoms with van der Waals surface area (Å²) in [6, 6.07) is 4.79. The summed E-state index contributed by atoms with van der Waals surface area (Å²) in [7, 11) is -3.59. The Balaban J connectivity index is 2.23. The maximum absolute atomic E-state index is 12.3. The number of aromatic nitrogens is 1. The minimum Gasteiger partial charge on any atom is -0.391 e. The van der Waals surface area contributed by atoms with Crippen LogP contribution in [-0.4, -0.2) is 18.5 Å². The number of nitrogens with zero attached hydrogens (tertiary/aromatic N) is 1. The number of aliphatic hydroxyl groups is 1. The topological polar surface area (TPSA) is 79.3 Å². The number of thiophene rings is 1. The van der Waals surface area contributed by atoms with Crippen molar-refractivity contribution < 1.29 is 13.5 Å². The maximum atomic E-state index is 12.3. The van der Waals surface area contributed by atoms with Gasteiger partial charge in [0, 0.05) is 23.3 Å². The third-order valence-corrected chi connectivity index (χ3v) is 6.16. The first-order valence-corrected chi connectivity index (χ1v) is 8.36. The molecule has 0 aliphatic carbocycles. The van der Waals surface area contributed by atoms with Crippen LogP contribution in [0.1, 0.15) is 29.0 Å².